The summed E-state index contributed by atoms with van der Waals surface area (Å²) >= 11 is 1.42. The highest BCUT2D eigenvalue weighted by Gasteiger charge is 2.37. The van der Waals surface area contributed by atoms with E-state index in [-0.39, 0.29) is 23.1 Å². The molecule has 2 fully saturated rings. The van der Waals surface area contributed by atoms with Crippen LogP contribution in [0.5, 0.6) is 0 Å². The van der Waals surface area contributed by atoms with Crippen LogP contribution in [0.2, 0.25) is 0 Å². The molecule has 0 aromatic heterocycles. The molecule has 4 nitrogen and oxygen atoms in total. The van der Waals surface area contributed by atoms with Gasteiger partial charge in [-0.25, -0.2) is 0 Å². The molecule has 1 heterocycles. The minimum atomic E-state index is -0.410. The average molecular weight is 270 g/mol. The van der Waals surface area contributed by atoms with Gasteiger partial charge in [0.05, 0.1) is 0 Å². The van der Waals surface area contributed by atoms with Gasteiger partial charge in [0.25, 0.3) is 5.91 Å². The third-order valence-electron chi connectivity index (χ3n) is 3.67. The number of nitrogens with zero attached hydrogens (tertiary/aromatic N) is 1. The Morgan fingerprint density at radius 3 is 2.50 bits per heavy atom. The zero-order valence-electron chi connectivity index (χ0n) is 11.4. The maximum absolute atomic E-state index is 12.3. The zero-order chi connectivity index (χ0) is 13.3. The predicted molar refractivity (Wildman–Crippen MR) is 73.1 cm³/mol. The standard InChI is InChI=1S/C13H22N2O2S/c1-13(2)6-7-15(8-13)12(17)11(18-3)14-10(16)9-4-5-9/h9,11H,4-8H2,1-3H3,(H,14,16). The second-order valence-electron chi connectivity index (χ2n) is 6.07. The molecule has 2 amide bonds. The van der Waals surface area contributed by atoms with Crippen molar-refractivity contribution in [3.8, 4) is 0 Å². The second-order valence-corrected chi connectivity index (χ2v) is 7.02. The Hall–Kier alpha value is -0.710. The monoisotopic (exact) mass is 270 g/mol. The number of hydrogen-bond donors (Lipinski definition) is 1. The van der Waals surface area contributed by atoms with Crippen LogP contribution in [-0.4, -0.2) is 41.4 Å². The molecule has 1 N–H and O–H groups in total. The van der Waals surface area contributed by atoms with E-state index >= 15 is 0 Å². The summed E-state index contributed by atoms with van der Waals surface area (Å²) in [5.41, 5.74) is 0.207. The van der Waals surface area contributed by atoms with Crippen LogP contribution in [0.1, 0.15) is 33.1 Å². The van der Waals surface area contributed by atoms with Crippen molar-refractivity contribution in [2.24, 2.45) is 11.3 Å². The van der Waals surface area contributed by atoms with Crippen LogP contribution in [0.25, 0.3) is 0 Å². The van der Waals surface area contributed by atoms with Crippen molar-refractivity contribution >= 4 is 23.6 Å². The molecule has 1 saturated carbocycles. The van der Waals surface area contributed by atoms with Crippen LogP contribution in [-0.2, 0) is 9.59 Å². The molecular weight excluding hydrogens is 248 g/mol. The SMILES string of the molecule is CSC(NC(=O)C1CC1)C(=O)N1CCC(C)(C)C1. The number of amides is 2. The van der Waals surface area contributed by atoms with Gasteiger partial charge in [0.1, 0.15) is 0 Å². The molecule has 2 aliphatic rings. The van der Waals surface area contributed by atoms with E-state index in [2.05, 4.69) is 19.2 Å². The lowest BCUT2D eigenvalue weighted by Gasteiger charge is -2.24. The predicted octanol–water partition coefficient (Wildman–Crippen LogP) is 1.46. The van der Waals surface area contributed by atoms with E-state index in [1.54, 1.807) is 0 Å². The fourth-order valence-corrected chi connectivity index (χ4v) is 2.87. The van der Waals surface area contributed by atoms with E-state index < -0.39 is 5.37 Å². The van der Waals surface area contributed by atoms with Crippen molar-refractivity contribution in [1.29, 1.82) is 0 Å². The summed E-state index contributed by atoms with van der Waals surface area (Å²) in [6.45, 7) is 5.96. The fraction of sp³-hybridized carbons (Fsp3) is 0.846. The summed E-state index contributed by atoms with van der Waals surface area (Å²) in [6.07, 6.45) is 4.85. The first-order chi connectivity index (χ1) is 8.43. The lowest BCUT2D eigenvalue weighted by Crippen LogP contribution is -2.46. The van der Waals surface area contributed by atoms with Gasteiger partial charge >= 0.3 is 0 Å². The minimum absolute atomic E-state index is 0.0427. The van der Waals surface area contributed by atoms with Crippen LogP contribution in [0.3, 0.4) is 0 Å². The van der Waals surface area contributed by atoms with Crippen LogP contribution >= 0.6 is 11.8 Å². The van der Waals surface area contributed by atoms with Crippen molar-refractivity contribution in [3.05, 3.63) is 0 Å². The number of rotatable bonds is 4. The first-order valence-electron chi connectivity index (χ1n) is 6.55. The molecule has 1 aliphatic heterocycles. The summed E-state index contributed by atoms with van der Waals surface area (Å²) < 4.78 is 0. The lowest BCUT2D eigenvalue weighted by molar-refractivity contribution is -0.133. The largest absolute Gasteiger partial charge is 0.340 e. The fourth-order valence-electron chi connectivity index (χ4n) is 2.28. The highest BCUT2D eigenvalue weighted by atomic mass is 32.2. The molecule has 0 radical (unpaired) electrons. The van der Waals surface area contributed by atoms with E-state index in [0.29, 0.717) is 0 Å². The Morgan fingerprint density at radius 1 is 1.39 bits per heavy atom. The van der Waals surface area contributed by atoms with E-state index in [1.165, 1.54) is 11.8 Å². The van der Waals surface area contributed by atoms with E-state index in [1.807, 2.05) is 11.2 Å². The number of hydrogen-bond acceptors (Lipinski definition) is 3. The molecule has 0 aromatic carbocycles. The Labute approximate surface area is 113 Å². The molecule has 1 atom stereocenters. The van der Waals surface area contributed by atoms with Gasteiger partial charge in [-0.05, 0) is 30.9 Å². The highest BCUT2D eigenvalue weighted by Crippen LogP contribution is 2.31. The van der Waals surface area contributed by atoms with Gasteiger partial charge in [-0.2, -0.15) is 0 Å². The van der Waals surface area contributed by atoms with E-state index in [4.69, 9.17) is 0 Å². The van der Waals surface area contributed by atoms with Gasteiger partial charge in [-0.3, -0.25) is 9.59 Å². The van der Waals surface area contributed by atoms with Crippen molar-refractivity contribution in [2.75, 3.05) is 19.3 Å². The molecule has 5 heteroatoms. The van der Waals surface area contributed by atoms with E-state index in [0.717, 1.165) is 32.4 Å². The molecule has 102 valence electrons. The summed E-state index contributed by atoms with van der Waals surface area (Å²) in [7, 11) is 0. The zero-order valence-corrected chi connectivity index (χ0v) is 12.2. The lowest BCUT2D eigenvalue weighted by atomic mass is 9.93. The quantitative estimate of drug-likeness (QED) is 0.787. The smallest absolute Gasteiger partial charge is 0.255 e. The summed E-state index contributed by atoms with van der Waals surface area (Å²) in [4.78, 5) is 25.9. The number of likely N-dealkylation sites (tertiary alicyclic amines) is 1. The first kappa shape index (κ1) is 13.7. The second kappa shape index (κ2) is 5.11. The van der Waals surface area contributed by atoms with Gasteiger partial charge < -0.3 is 10.2 Å². The topological polar surface area (TPSA) is 49.4 Å². The minimum Gasteiger partial charge on any atom is -0.340 e. The number of thioether (sulfide) groups is 1. The van der Waals surface area contributed by atoms with Gasteiger partial charge in [0.2, 0.25) is 5.91 Å². The third kappa shape index (κ3) is 3.19. The number of carbonyl (C=O) groups excluding carboxylic acids is 2. The normalized spacial score (nSPS) is 23.8. The van der Waals surface area contributed by atoms with Gasteiger partial charge in [-0.15, -0.1) is 11.8 Å². The van der Waals surface area contributed by atoms with Gasteiger partial charge in [-0.1, -0.05) is 13.8 Å². The number of nitrogens with one attached hydrogen (secondary N) is 1. The first-order valence-corrected chi connectivity index (χ1v) is 7.84. The van der Waals surface area contributed by atoms with E-state index in [9.17, 15) is 9.59 Å². The van der Waals surface area contributed by atoms with Gasteiger partial charge in [0.15, 0.2) is 5.37 Å². The number of carbonyl (C=O) groups is 2. The Kier molecular flexibility index (Phi) is 3.90. The van der Waals surface area contributed by atoms with Crippen LogP contribution in [0, 0.1) is 11.3 Å². The Balaban J connectivity index is 1.91. The highest BCUT2D eigenvalue weighted by molar-refractivity contribution is 7.99. The van der Waals surface area contributed by atoms with Crippen molar-refractivity contribution in [3.63, 3.8) is 0 Å². The molecule has 1 saturated heterocycles. The summed E-state index contributed by atoms with van der Waals surface area (Å²) in [6, 6.07) is 0. The average Bonchev–Trinajstić information content (AvgIpc) is 3.09. The molecule has 2 rings (SSSR count). The van der Waals surface area contributed by atoms with Crippen LogP contribution in [0.15, 0.2) is 0 Å². The molecule has 0 aromatic rings. The maximum atomic E-state index is 12.3. The summed E-state index contributed by atoms with van der Waals surface area (Å²) in [5, 5.41) is 2.46. The molecule has 0 spiro atoms. The van der Waals surface area contributed by atoms with Crippen molar-refractivity contribution in [2.45, 2.75) is 38.5 Å². The summed E-state index contributed by atoms with van der Waals surface area (Å²) in [5.74, 6) is 0.255. The van der Waals surface area contributed by atoms with Crippen LogP contribution < -0.4 is 5.32 Å². The molecule has 18 heavy (non-hydrogen) atoms. The van der Waals surface area contributed by atoms with Crippen molar-refractivity contribution in [1.82, 2.24) is 10.2 Å². The Bertz CT molecular complexity index is 353. The molecular formula is C13H22N2O2S. The molecule has 1 unspecified atom stereocenters. The maximum Gasteiger partial charge on any atom is 0.255 e. The molecule has 1 aliphatic carbocycles. The van der Waals surface area contributed by atoms with Crippen LogP contribution in [0.4, 0.5) is 0 Å². The molecule has 0 bridgehead atoms. The van der Waals surface area contributed by atoms with Crippen molar-refractivity contribution < 1.29 is 9.59 Å². The van der Waals surface area contributed by atoms with Gasteiger partial charge in [0, 0.05) is 19.0 Å². The third-order valence-corrected chi connectivity index (χ3v) is 4.46. The Morgan fingerprint density at radius 2 is 2.06 bits per heavy atom.